The van der Waals surface area contributed by atoms with Gasteiger partial charge in [0.2, 0.25) is 0 Å². The minimum Gasteiger partial charge on any atom is -0.462 e. The van der Waals surface area contributed by atoms with Crippen molar-refractivity contribution in [2.24, 2.45) is 5.92 Å². The first-order valence-corrected chi connectivity index (χ1v) is 12.0. The fraction of sp³-hybridized carbons (Fsp3) is 0.500. The highest BCUT2D eigenvalue weighted by Gasteiger charge is 2.35. The van der Waals surface area contributed by atoms with Crippen molar-refractivity contribution >= 4 is 14.5 Å². The van der Waals surface area contributed by atoms with Gasteiger partial charge in [-0.05, 0) is 39.3 Å². The lowest BCUT2D eigenvalue weighted by Gasteiger charge is -2.23. The van der Waals surface area contributed by atoms with Gasteiger partial charge in [0.15, 0.2) is 0 Å². The van der Waals surface area contributed by atoms with Crippen molar-refractivity contribution in [1.82, 2.24) is 14.6 Å². The summed E-state index contributed by atoms with van der Waals surface area (Å²) in [5.41, 5.74) is -0.976. The lowest BCUT2D eigenvalue weighted by Crippen LogP contribution is -2.35. The van der Waals surface area contributed by atoms with Crippen LogP contribution in [0.3, 0.4) is 0 Å². The molecule has 0 aliphatic carbocycles. The molecule has 2 aromatic rings. The number of benzene rings is 1. The maximum atomic E-state index is 12.2. The van der Waals surface area contributed by atoms with E-state index in [1.165, 1.54) is 16.8 Å². The molecule has 1 unspecified atom stereocenters. The smallest absolute Gasteiger partial charge is 0.330 e. The third-order valence-electron chi connectivity index (χ3n) is 4.89. The molecule has 1 saturated heterocycles. The second kappa shape index (κ2) is 11.6. The number of carbonyl (C=O) groups is 1. The summed E-state index contributed by atoms with van der Waals surface area (Å²) in [5, 5.41) is 3.06. The molecule has 1 aromatic heterocycles. The highest BCUT2D eigenvalue weighted by molar-refractivity contribution is 7.45. The van der Waals surface area contributed by atoms with Crippen LogP contribution in [-0.2, 0) is 18.8 Å². The molecule has 2 heterocycles. The first-order valence-electron chi connectivity index (χ1n) is 10.8. The molecule has 11 heteroatoms. The van der Waals surface area contributed by atoms with E-state index in [1.807, 2.05) is 25.1 Å². The monoisotopic (exact) mass is 479 g/mol. The number of ether oxygens (including phenoxy) is 2. The number of H-pyrrole nitrogens is 1. The predicted molar refractivity (Wildman–Crippen MR) is 123 cm³/mol. The molecule has 1 aliphatic heterocycles. The molecule has 1 aromatic carbocycles. The number of hydrogen-bond donors (Lipinski definition) is 2. The van der Waals surface area contributed by atoms with E-state index in [0.717, 1.165) is 0 Å². The second-order valence-corrected chi connectivity index (χ2v) is 9.39. The zero-order valence-electron chi connectivity index (χ0n) is 19.1. The normalized spacial score (nSPS) is 22.2. The SMILES string of the molecule is CC(C)OC(=O)[C@H](C)NP(OC[C@@H]1C[C@H](C)[C@H](n2ccc(=O)[nH]c2=O)O1)Oc1ccccc1. The van der Waals surface area contributed by atoms with Crippen LogP contribution in [0.4, 0.5) is 0 Å². The quantitative estimate of drug-likeness (QED) is 0.394. The fourth-order valence-corrected chi connectivity index (χ4v) is 4.57. The number of para-hydroxylation sites is 1. The Bertz CT molecular complexity index is 1030. The van der Waals surface area contributed by atoms with Crippen LogP contribution in [0.2, 0.25) is 0 Å². The molecular formula is C22H30N3O7P. The summed E-state index contributed by atoms with van der Waals surface area (Å²) >= 11 is 0. The Balaban J connectivity index is 1.64. The van der Waals surface area contributed by atoms with Crippen molar-refractivity contribution in [3.8, 4) is 5.75 Å². The van der Waals surface area contributed by atoms with Crippen LogP contribution >= 0.6 is 8.53 Å². The summed E-state index contributed by atoms with van der Waals surface area (Å²) < 4.78 is 24.6. The van der Waals surface area contributed by atoms with Gasteiger partial charge in [0.1, 0.15) is 18.0 Å². The molecule has 0 radical (unpaired) electrons. The van der Waals surface area contributed by atoms with Crippen molar-refractivity contribution in [3.05, 3.63) is 63.4 Å². The van der Waals surface area contributed by atoms with Gasteiger partial charge in [-0.3, -0.25) is 19.1 Å². The van der Waals surface area contributed by atoms with Crippen molar-refractivity contribution in [1.29, 1.82) is 0 Å². The van der Waals surface area contributed by atoms with Crippen LogP contribution in [0.1, 0.15) is 40.3 Å². The maximum absolute atomic E-state index is 12.2. The molecule has 0 saturated carbocycles. The second-order valence-electron chi connectivity index (χ2n) is 8.17. The Kier molecular flexibility index (Phi) is 8.80. The van der Waals surface area contributed by atoms with Crippen molar-refractivity contribution in [2.75, 3.05) is 6.61 Å². The van der Waals surface area contributed by atoms with Gasteiger partial charge in [-0.2, -0.15) is 0 Å². The summed E-state index contributed by atoms with van der Waals surface area (Å²) in [5.74, 6) is 0.219. The molecule has 10 nitrogen and oxygen atoms in total. The van der Waals surface area contributed by atoms with E-state index in [4.69, 9.17) is 18.5 Å². The van der Waals surface area contributed by atoms with Crippen LogP contribution in [0.15, 0.2) is 52.2 Å². The Hall–Kier alpha value is -2.52. The Labute approximate surface area is 193 Å². The highest BCUT2D eigenvalue weighted by atomic mass is 31.2. The standard InChI is InChI=1S/C22H30N3O7P/c1-14(2)30-21(27)16(4)24-33(32-17-8-6-5-7-9-17)29-13-18-12-15(3)20(31-18)25-11-10-19(26)23-22(25)28/h5-11,14-16,18,20,24H,12-13H2,1-4H3,(H,23,26,28)/t15-,16-,18-,20+,33?/m0/s1. The molecule has 0 spiro atoms. The van der Waals surface area contributed by atoms with Gasteiger partial charge in [0.25, 0.3) is 5.56 Å². The molecule has 33 heavy (non-hydrogen) atoms. The fourth-order valence-electron chi connectivity index (χ4n) is 3.36. The van der Waals surface area contributed by atoms with Gasteiger partial charge in [-0.1, -0.05) is 25.1 Å². The summed E-state index contributed by atoms with van der Waals surface area (Å²) in [7, 11) is -1.69. The number of aromatic nitrogens is 2. The molecule has 1 aliphatic rings. The summed E-state index contributed by atoms with van der Waals surface area (Å²) in [6.45, 7) is 7.41. The van der Waals surface area contributed by atoms with Crippen LogP contribution in [0.25, 0.3) is 0 Å². The number of carbonyl (C=O) groups excluding carboxylic acids is 1. The van der Waals surface area contributed by atoms with E-state index in [-0.39, 0.29) is 24.7 Å². The lowest BCUT2D eigenvalue weighted by atomic mass is 10.1. The minimum absolute atomic E-state index is 0.0244. The molecule has 3 rings (SSSR count). The molecule has 1 fully saturated rings. The van der Waals surface area contributed by atoms with Gasteiger partial charge in [-0.15, -0.1) is 0 Å². The van der Waals surface area contributed by atoms with E-state index in [9.17, 15) is 14.4 Å². The first-order chi connectivity index (χ1) is 15.7. The zero-order chi connectivity index (χ0) is 24.0. The number of nitrogens with zero attached hydrogens (tertiary/aromatic N) is 1. The zero-order valence-corrected chi connectivity index (χ0v) is 20.0. The topological polar surface area (TPSA) is 121 Å². The Morgan fingerprint density at radius 1 is 1.24 bits per heavy atom. The summed E-state index contributed by atoms with van der Waals surface area (Å²) in [6, 6.07) is 9.79. The maximum Gasteiger partial charge on any atom is 0.330 e. The number of aromatic amines is 1. The summed E-state index contributed by atoms with van der Waals surface area (Å²) in [4.78, 5) is 38.0. The van der Waals surface area contributed by atoms with E-state index in [2.05, 4.69) is 10.1 Å². The first kappa shape index (κ1) is 25.1. The predicted octanol–water partition coefficient (Wildman–Crippen LogP) is 2.71. The molecule has 180 valence electrons. The van der Waals surface area contributed by atoms with Gasteiger partial charge >= 0.3 is 20.2 Å². The van der Waals surface area contributed by atoms with Crippen molar-refractivity contribution in [2.45, 2.75) is 58.6 Å². The Morgan fingerprint density at radius 2 is 1.97 bits per heavy atom. The Morgan fingerprint density at radius 3 is 2.64 bits per heavy atom. The van der Waals surface area contributed by atoms with Gasteiger partial charge < -0.3 is 18.5 Å². The number of esters is 1. The summed E-state index contributed by atoms with van der Waals surface area (Å²) in [6.07, 6.45) is 1.03. The van der Waals surface area contributed by atoms with E-state index < -0.39 is 38.0 Å². The van der Waals surface area contributed by atoms with Gasteiger partial charge in [0, 0.05) is 18.2 Å². The van der Waals surface area contributed by atoms with E-state index in [0.29, 0.717) is 12.2 Å². The number of nitrogens with one attached hydrogen (secondary N) is 2. The van der Waals surface area contributed by atoms with Gasteiger partial charge in [-0.25, -0.2) is 9.88 Å². The largest absolute Gasteiger partial charge is 0.462 e. The number of hydrogen-bond acceptors (Lipinski definition) is 8. The van der Waals surface area contributed by atoms with Crippen LogP contribution < -0.4 is 20.9 Å². The van der Waals surface area contributed by atoms with Crippen molar-refractivity contribution in [3.63, 3.8) is 0 Å². The van der Waals surface area contributed by atoms with E-state index >= 15 is 0 Å². The van der Waals surface area contributed by atoms with Gasteiger partial charge in [0.05, 0.1) is 18.8 Å². The third kappa shape index (κ3) is 7.23. The molecule has 0 amide bonds. The average Bonchev–Trinajstić information content (AvgIpc) is 3.12. The van der Waals surface area contributed by atoms with Crippen molar-refractivity contribution < 1.29 is 23.3 Å². The molecule has 5 atom stereocenters. The molecule has 0 bridgehead atoms. The lowest BCUT2D eigenvalue weighted by molar-refractivity contribution is -0.149. The average molecular weight is 479 g/mol. The third-order valence-corrected chi connectivity index (χ3v) is 6.25. The van der Waals surface area contributed by atoms with Crippen LogP contribution in [0, 0.1) is 5.92 Å². The number of rotatable bonds is 10. The highest BCUT2D eigenvalue weighted by Crippen LogP contribution is 2.39. The molecular weight excluding hydrogens is 449 g/mol. The minimum atomic E-state index is -1.69. The molecule has 2 N–H and O–H groups in total. The van der Waals surface area contributed by atoms with Crippen LogP contribution in [-0.4, -0.2) is 40.4 Å². The van der Waals surface area contributed by atoms with Crippen LogP contribution in [0.5, 0.6) is 5.75 Å². The van der Waals surface area contributed by atoms with E-state index in [1.54, 1.807) is 32.9 Å².